The minimum absolute atomic E-state index is 0.0921. The van der Waals surface area contributed by atoms with Gasteiger partial charge in [-0.3, -0.25) is 18.6 Å². The molecular weight excluding hydrogens is 675 g/mol. The maximum atomic E-state index is 12.5. The predicted octanol–water partition coefficient (Wildman–Crippen LogP) is 8.21. The van der Waals surface area contributed by atoms with E-state index in [9.17, 15) is 29.3 Å². The summed E-state index contributed by atoms with van der Waals surface area (Å²) in [5, 5.41) is 28.0. The Balaban J connectivity index is 4.50. The summed E-state index contributed by atoms with van der Waals surface area (Å²) in [6, 6.07) is 0. The van der Waals surface area contributed by atoms with E-state index in [1.165, 1.54) is 25.7 Å². The standard InChI is InChI=1S/C39H69O11P/c1-4-25-35(41)27-22-18-14-10-8-6-5-7-9-11-15-20-24-29-39(44)50-37(33-49-51(45,46)48-31-36(42)30-40)32-47-38(43)28-23-19-16-12-13-17-21-26-34(2)3/h5,7-8,10-11,15,18,22,34-37,40-42H,4,6,9,12-14,16-17,19-21,23-33H2,1-3H3,(H,45,46)/b7-5-,10-8-,15-11-,22-18-/t35?,36-,37+/m0/s1. The number of carbonyl (C=O) groups is 2. The van der Waals surface area contributed by atoms with Crippen LogP contribution in [0.5, 0.6) is 0 Å². The highest BCUT2D eigenvalue weighted by atomic mass is 31.2. The molecule has 4 atom stereocenters. The molecule has 4 N–H and O–H groups in total. The summed E-state index contributed by atoms with van der Waals surface area (Å²) in [7, 11) is -4.63. The minimum atomic E-state index is -4.63. The van der Waals surface area contributed by atoms with E-state index in [0.717, 1.165) is 57.3 Å². The summed E-state index contributed by atoms with van der Waals surface area (Å²) >= 11 is 0. The van der Waals surface area contributed by atoms with Gasteiger partial charge in [0.2, 0.25) is 0 Å². The van der Waals surface area contributed by atoms with Crippen LogP contribution >= 0.6 is 7.82 Å². The number of carbonyl (C=O) groups excluding carboxylic acids is 2. The zero-order valence-electron chi connectivity index (χ0n) is 31.6. The van der Waals surface area contributed by atoms with Gasteiger partial charge in [0.1, 0.15) is 12.7 Å². The number of ether oxygens (including phenoxy) is 2. The Hall–Kier alpha value is -2.11. The van der Waals surface area contributed by atoms with Crippen molar-refractivity contribution in [2.45, 2.75) is 155 Å². The number of allylic oxidation sites excluding steroid dienone is 7. The van der Waals surface area contributed by atoms with Crippen molar-refractivity contribution in [2.24, 2.45) is 5.92 Å². The van der Waals surface area contributed by atoms with Crippen LogP contribution in [-0.4, -0.2) is 76.9 Å². The third-order valence-electron chi connectivity index (χ3n) is 7.72. The Bertz CT molecular complexity index is 1020. The molecule has 0 spiro atoms. The topological polar surface area (TPSA) is 169 Å². The predicted molar refractivity (Wildman–Crippen MR) is 202 cm³/mol. The zero-order chi connectivity index (χ0) is 38.0. The molecule has 0 heterocycles. The lowest BCUT2D eigenvalue weighted by atomic mass is 10.0. The van der Waals surface area contributed by atoms with Gasteiger partial charge in [-0.1, -0.05) is 121 Å². The molecule has 2 unspecified atom stereocenters. The number of aliphatic hydroxyl groups excluding tert-OH is 3. The van der Waals surface area contributed by atoms with E-state index < -0.39 is 51.8 Å². The third-order valence-corrected chi connectivity index (χ3v) is 8.67. The van der Waals surface area contributed by atoms with E-state index in [4.69, 9.17) is 19.1 Å². The smallest absolute Gasteiger partial charge is 0.462 e. The highest BCUT2D eigenvalue weighted by Gasteiger charge is 2.27. The van der Waals surface area contributed by atoms with Crippen LogP contribution in [0.1, 0.15) is 136 Å². The summed E-state index contributed by atoms with van der Waals surface area (Å²) in [4.78, 5) is 34.7. The minimum Gasteiger partial charge on any atom is -0.462 e. The molecule has 0 aromatic heterocycles. The molecule has 11 nitrogen and oxygen atoms in total. The van der Waals surface area contributed by atoms with Crippen molar-refractivity contribution in [3.8, 4) is 0 Å². The first-order valence-electron chi connectivity index (χ1n) is 19.0. The number of aliphatic hydroxyl groups is 3. The molecule has 0 aromatic carbocycles. The van der Waals surface area contributed by atoms with Crippen LogP contribution in [-0.2, 0) is 32.7 Å². The van der Waals surface area contributed by atoms with E-state index in [0.29, 0.717) is 25.7 Å². The molecule has 0 bridgehead atoms. The third kappa shape index (κ3) is 34.7. The lowest BCUT2D eigenvalue weighted by Gasteiger charge is -2.20. The van der Waals surface area contributed by atoms with E-state index in [1.807, 2.05) is 18.2 Å². The Morgan fingerprint density at radius 3 is 1.82 bits per heavy atom. The van der Waals surface area contributed by atoms with Crippen LogP contribution in [0.3, 0.4) is 0 Å². The molecule has 296 valence electrons. The summed E-state index contributed by atoms with van der Waals surface area (Å²) in [5.41, 5.74) is 0. The van der Waals surface area contributed by atoms with E-state index in [2.05, 4.69) is 55.7 Å². The normalized spacial score (nSPS) is 15.3. The van der Waals surface area contributed by atoms with Crippen molar-refractivity contribution in [3.05, 3.63) is 48.6 Å². The molecule has 0 saturated heterocycles. The zero-order valence-corrected chi connectivity index (χ0v) is 32.5. The summed E-state index contributed by atoms with van der Waals surface area (Å²) < 4.78 is 32.5. The average molecular weight is 745 g/mol. The van der Waals surface area contributed by atoms with Crippen molar-refractivity contribution in [2.75, 3.05) is 26.4 Å². The Morgan fingerprint density at radius 1 is 0.667 bits per heavy atom. The van der Waals surface area contributed by atoms with E-state index >= 15 is 0 Å². The van der Waals surface area contributed by atoms with Crippen LogP contribution in [0.25, 0.3) is 0 Å². The fraction of sp³-hybridized carbons (Fsp3) is 0.744. The fourth-order valence-electron chi connectivity index (χ4n) is 4.77. The van der Waals surface area contributed by atoms with Crippen LogP contribution in [0, 0.1) is 5.92 Å². The Kier molecular flexibility index (Phi) is 32.3. The van der Waals surface area contributed by atoms with E-state index in [-0.39, 0.29) is 25.6 Å². The summed E-state index contributed by atoms with van der Waals surface area (Å²) in [5.74, 6) is -0.283. The second-order valence-electron chi connectivity index (χ2n) is 13.3. The number of unbranched alkanes of at least 4 members (excludes halogenated alkanes) is 7. The number of rotatable bonds is 34. The van der Waals surface area contributed by atoms with Gasteiger partial charge in [0, 0.05) is 12.8 Å². The molecule has 0 rings (SSSR count). The van der Waals surface area contributed by atoms with Crippen LogP contribution in [0.2, 0.25) is 0 Å². The lowest BCUT2D eigenvalue weighted by molar-refractivity contribution is -0.161. The van der Waals surface area contributed by atoms with Gasteiger partial charge in [0.05, 0.1) is 25.9 Å². The highest BCUT2D eigenvalue weighted by molar-refractivity contribution is 7.47. The van der Waals surface area contributed by atoms with Gasteiger partial charge in [0.25, 0.3) is 0 Å². The van der Waals surface area contributed by atoms with Gasteiger partial charge in [-0.15, -0.1) is 0 Å². The first kappa shape index (κ1) is 48.9. The number of esters is 2. The number of hydrogen-bond acceptors (Lipinski definition) is 10. The van der Waals surface area contributed by atoms with Gasteiger partial charge in [0.15, 0.2) is 6.10 Å². The van der Waals surface area contributed by atoms with Crippen LogP contribution < -0.4 is 0 Å². The summed E-state index contributed by atoms with van der Waals surface area (Å²) in [6.45, 7) is 4.32. The second kappa shape index (κ2) is 33.7. The van der Waals surface area contributed by atoms with Gasteiger partial charge >= 0.3 is 19.8 Å². The number of phosphoric ester groups is 1. The monoisotopic (exact) mass is 744 g/mol. The molecule has 0 aliphatic carbocycles. The van der Waals surface area contributed by atoms with Crippen molar-refractivity contribution >= 4 is 19.8 Å². The van der Waals surface area contributed by atoms with Gasteiger partial charge in [-0.05, 0) is 57.3 Å². The van der Waals surface area contributed by atoms with E-state index in [1.54, 1.807) is 0 Å². The molecule has 0 radical (unpaired) electrons. The molecule has 51 heavy (non-hydrogen) atoms. The molecule has 0 fully saturated rings. The molecule has 0 amide bonds. The molecule has 0 aliphatic rings. The maximum absolute atomic E-state index is 12.5. The summed E-state index contributed by atoms with van der Waals surface area (Å²) in [6.07, 6.45) is 28.9. The lowest BCUT2D eigenvalue weighted by Crippen LogP contribution is -2.29. The van der Waals surface area contributed by atoms with Crippen molar-refractivity contribution in [1.82, 2.24) is 0 Å². The van der Waals surface area contributed by atoms with Gasteiger partial charge in [-0.25, -0.2) is 4.57 Å². The second-order valence-corrected chi connectivity index (χ2v) is 14.7. The first-order valence-corrected chi connectivity index (χ1v) is 20.5. The molecule has 0 aromatic rings. The highest BCUT2D eigenvalue weighted by Crippen LogP contribution is 2.43. The van der Waals surface area contributed by atoms with Crippen LogP contribution in [0.4, 0.5) is 0 Å². The molecule has 12 heteroatoms. The van der Waals surface area contributed by atoms with Crippen molar-refractivity contribution < 1.29 is 52.9 Å². The van der Waals surface area contributed by atoms with Gasteiger partial charge in [-0.2, -0.15) is 0 Å². The number of hydrogen-bond donors (Lipinski definition) is 4. The first-order chi connectivity index (χ1) is 24.5. The van der Waals surface area contributed by atoms with Crippen molar-refractivity contribution in [1.29, 1.82) is 0 Å². The maximum Gasteiger partial charge on any atom is 0.472 e. The van der Waals surface area contributed by atoms with Gasteiger partial charge < -0.3 is 29.7 Å². The SMILES string of the molecule is CCCC(O)C/C=C\C/C=C\C/C=C\C/C=C\CCCC(=O)O[C@H](COC(=O)CCCCCCCCCC(C)C)COP(=O)(O)OC[C@@H](O)CO. The van der Waals surface area contributed by atoms with Crippen LogP contribution in [0.15, 0.2) is 48.6 Å². The molecular formula is C39H69O11P. The Labute approximate surface area is 307 Å². The molecule has 0 saturated carbocycles. The number of phosphoric acid groups is 1. The molecule has 0 aliphatic heterocycles. The Morgan fingerprint density at radius 2 is 1.22 bits per heavy atom. The fourth-order valence-corrected chi connectivity index (χ4v) is 5.56. The van der Waals surface area contributed by atoms with Crippen molar-refractivity contribution in [3.63, 3.8) is 0 Å². The largest absolute Gasteiger partial charge is 0.472 e. The average Bonchev–Trinajstić information content (AvgIpc) is 3.09. The quantitative estimate of drug-likeness (QED) is 0.0217.